The summed E-state index contributed by atoms with van der Waals surface area (Å²) in [6.45, 7) is 2.66. The van der Waals surface area contributed by atoms with Crippen LogP contribution in [0.15, 0.2) is 47.3 Å². The molecule has 26 heavy (non-hydrogen) atoms. The quantitative estimate of drug-likeness (QED) is 0.767. The van der Waals surface area contributed by atoms with E-state index < -0.39 is 5.97 Å². The molecule has 1 aliphatic heterocycles. The molecule has 1 aliphatic rings. The number of carboxylic acid groups (broad SMARTS) is 1. The number of carbonyl (C=O) groups is 1. The van der Waals surface area contributed by atoms with Crippen LogP contribution in [0.1, 0.15) is 40.2 Å². The van der Waals surface area contributed by atoms with Crippen molar-refractivity contribution < 1.29 is 9.90 Å². The first-order chi connectivity index (χ1) is 12.5. The van der Waals surface area contributed by atoms with Gasteiger partial charge >= 0.3 is 5.97 Å². The van der Waals surface area contributed by atoms with Crippen LogP contribution in [0.25, 0.3) is 22.6 Å². The molecule has 0 atom stereocenters. The fourth-order valence-corrected chi connectivity index (χ4v) is 3.42. The molecule has 1 N–H and O–H groups in total. The summed E-state index contributed by atoms with van der Waals surface area (Å²) in [7, 11) is 0. The summed E-state index contributed by atoms with van der Waals surface area (Å²) >= 11 is 0. The molecule has 4 rings (SSSR count). The van der Waals surface area contributed by atoms with Gasteiger partial charge in [0.25, 0.3) is 5.56 Å². The van der Waals surface area contributed by atoms with Crippen molar-refractivity contribution in [3.8, 4) is 0 Å². The Labute approximate surface area is 150 Å². The van der Waals surface area contributed by atoms with Crippen LogP contribution in [-0.4, -0.2) is 20.6 Å². The molecule has 0 saturated heterocycles. The van der Waals surface area contributed by atoms with Crippen LogP contribution in [0, 0.1) is 6.92 Å². The maximum absolute atomic E-state index is 12.9. The number of allylic oxidation sites excluding steroid dienone is 1. The summed E-state index contributed by atoms with van der Waals surface area (Å²) in [6, 6.07) is 12.6. The van der Waals surface area contributed by atoms with E-state index in [0.717, 1.165) is 24.0 Å². The van der Waals surface area contributed by atoms with Crippen LogP contribution in [0.4, 0.5) is 0 Å². The molecule has 2 heterocycles. The molecule has 0 radical (unpaired) electrons. The van der Waals surface area contributed by atoms with E-state index in [9.17, 15) is 9.59 Å². The minimum Gasteiger partial charge on any atom is -0.478 e. The molecule has 5 heteroatoms. The van der Waals surface area contributed by atoms with Crippen molar-refractivity contribution in [2.24, 2.45) is 0 Å². The summed E-state index contributed by atoms with van der Waals surface area (Å²) in [4.78, 5) is 28.8. The number of aromatic carboxylic acids is 1. The molecule has 0 unspecified atom stereocenters. The van der Waals surface area contributed by atoms with Gasteiger partial charge in [0.15, 0.2) is 0 Å². The maximum Gasteiger partial charge on any atom is 0.335 e. The summed E-state index contributed by atoms with van der Waals surface area (Å²) in [6.07, 6.45) is 3.82. The third-order valence-corrected chi connectivity index (χ3v) is 4.83. The van der Waals surface area contributed by atoms with Crippen molar-refractivity contribution in [1.29, 1.82) is 0 Å². The van der Waals surface area contributed by atoms with Crippen LogP contribution >= 0.6 is 0 Å². The number of nitrogens with zero attached hydrogens (tertiary/aromatic N) is 2. The van der Waals surface area contributed by atoms with Crippen molar-refractivity contribution in [2.75, 3.05) is 0 Å². The number of hydrogen-bond donors (Lipinski definition) is 1. The van der Waals surface area contributed by atoms with E-state index in [4.69, 9.17) is 5.11 Å². The zero-order chi connectivity index (χ0) is 18.3. The van der Waals surface area contributed by atoms with Crippen molar-refractivity contribution in [3.05, 3.63) is 75.3 Å². The molecule has 0 spiro atoms. The van der Waals surface area contributed by atoms with Crippen LogP contribution in [0.2, 0.25) is 0 Å². The van der Waals surface area contributed by atoms with E-state index >= 15 is 0 Å². The Balaban J connectivity index is 1.93. The lowest BCUT2D eigenvalue weighted by atomic mass is 9.99. The monoisotopic (exact) mass is 346 g/mol. The molecular formula is C21H18N2O3. The fourth-order valence-electron chi connectivity index (χ4n) is 3.42. The highest BCUT2D eigenvalue weighted by Crippen LogP contribution is 2.28. The minimum absolute atomic E-state index is 0.100. The number of rotatable bonds is 2. The average molecular weight is 346 g/mol. The van der Waals surface area contributed by atoms with Gasteiger partial charge < -0.3 is 5.11 Å². The second kappa shape index (κ2) is 6.26. The van der Waals surface area contributed by atoms with Crippen molar-refractivity contribution in [1.82, 2.24) is 9.55 Å². The molecule has 1 aromatic heterocycles. The lowest BCUT2D eigenvalue weighted by Gasteiger charge is -2.21. The van der Waals surface area contributed by atoms with Crippen molar-refractivity contribution in [2.45, 2.75) is 26.3 Å². The molecule has 0 aliphatic carbocycles. The van der Waals surface area contributed by atoms with Crippen molar-refractivity contribution in [3.63, 3.8) is 0 Å². The zero-order valence-electron chi connectivity index (χ0n) is 14.4. The number of fused-ring (bicyclic) bond motifs is 2. The van der Waals surface area contributed by atoms with Crippen LogP contribution in [0.3, 0.4) is 0 Å². The van der Waals surface area contributed by atoms with E-state index in [1.807, 2.05) is 12.1 Å². The predicted octanol–water partition coefficient (Wildman–Crippen LogP) is 3.74. The summed E-state index contributed by atoms with van der Waals surface area (Å²) in [5.74, 6) is -0.366. The van der Waals surface area contributed by atoms with Crippen LogP contribution in [0.5, 0.6) is 0 Å². The van der Waals surface area contributed by atoms with Gasteiger partial charge in [-0.3, -0.25) is 9.36 Å². The number of aryl methyl sites for hydroxylation is 1. The summed E-state index contributed by atoms with van der Waals surface area (Å²) in [5, 5.41) is 9.52. The van der Waals surface area contributed by atoms with E-state index in [1.54, 1.807) is 10.6 Å². The van der Waals surface area contributed by atoms with Gasteiger partial charge in [-0.25, -0.2) is 9.78 Å². The van der Waals surface area contributed by atoms with Crippen molar-refractivity contribution >= 4 is 28.5 Å². The van der Waals surface area contributed by atoms with Gasteiger partial charge in [0.1, 0.15) is 5.82 Å². The van der Waals surface area contributed by atoms with E-state index in [2.05, 4.69) is 30.1 Å². The Morgan fingerprint density at radius 1 is 1.23 bits per heavy atom. The lowest BCUT2D eigenvalue weighted by Crippen LogP contribution is -2.28. The lowest BCUT2D eigenvalue weighted by molar-refractivity contribution is 0.0697. The Morgan fingerprint density at radius 3 is 2.81 bits per heavy atom. The second-order valence-electron chi connectivity index (χ2n) is 6.56. The Kier molecular flexibility index (Phi) is 3.92. The molecule has 0 amide bonds. The molecule has 130 valence electrons. The van der Waals surface area contributed by atoms with E-state index in [0.29, 0.717) is 23.3 Å². The Bertz CT molecular complexity index is 1130. The minimum atomic E-state index is -1.05. The first-order valence-electron chi connectivity index (χ1n) is 8.59. The first kappa shape index (κ1) is 16.3. The van der Waals surface area contributed by atoms with E-state index in [-0.39, 0.29) is 11.1 Å². The Morgan fingerprint density at radius 2 is 2.04 bits per heavy atom. The zero-order valence-corrected chi connectivity index (χ0v) is 14.4. The van der Waals surface area contributed by atoms with Gasteiger partial charge in [-0.1, -0.05) is 24.3 Å². The predicted molar refractivity (Wildman–Crippen MR) is 101 cm³/mol. The van der Waals surface area contributed by atoms with Gasteiger partial charge in [0, 0.05) is 6.54 Å². The van der Waals surface area contributed by atoms with Gasteiger partial charge in [-0.15, -0.1) is 0 Å². The largest absolute Gasteiger partial charge is 0.478 e. The summed E-state index contributed by atoms with van der Waals surface area (Å²) in [5.41, 5.74) is 3.78. The van der Waals surface area contributed by atoms with Gasteiger partial charge in [-0.05, 0) is 60.7 Å². The first-order valence-corrected chi connectivity index (χ1v) is 8.59. The average Bonchev–Trinajstić information content (AvgIpc) is 2.64. The third kappa shape index (κ3) is 2.71. The highest BCUT2D eigenvalue weighted by molar-refractivity contribution is 5.93. The second-order valence-corrected chi connectivity index (χ2v) is 6.56. The van der Waals surface area contributed by atoms with Gasteiger partial charge in [0.2, 0.25) is 0 Å². The molecule has 2 aromatic carbocycles. The molecule has 0 bridgehead atoms. The van der Waals surface area contributed by atoms with Crippen LogP contribution < -0.4 is 5.56 Å². The molecule has 0 saturated carbocycles. The van der Waals surface area contributed by atoms with Crippen LogP contribution in [-0.2, 0) is 6.54 Å². The highest BCUT2D eigenvalue weighted by Gasteiger charge is 2.19. The maximum atomic E-state index is 12.9. The number of carboxylic acids is 1. The standard InChI is InChI=1S/C21H18N2O3/c1-13-5-2-3-6-14(13)11-15-7-4-10-23-19(15)22-18-9-8-16(21(25)26)12-17(18)20(23)24/h2-3,5-6,8-9,11-12H,4,7,10H2,1H3,(H,25,26)/b15-11+. The molecular weight excluding hydrogens is 328 g/mol. The smallest absolute Gasteiger partial charge is 0.335 e. The SMILES string of the molecule is Cc1ccccc1/C=C1\CCCn2c1nc1ccc(C(=O)O)cc1c2=O. The molecule has 3 aromatic rings. The normalized spacial score (nSPS) is 15.2. The number of hydrogen-bond acceptors (Lipinski definition) is 3. The summed E-state index contributed by atoms with van der Waals surface area (Å²) < 4.78 is 1.67. The molecule has 5 nitrogen and oxygen atoms in total. The third-order valence-electron chi connectivity index (χ3n) is 4.83. The Hall–Kier alpha value is -3.21. The number of benzene rings is 2. The topological polar surface area (TPSA) is 72.2 Å². The van der Waals surface area contributed by atoms with E-state index in [1.165, 1.54) is 17.7 Å². The van der Waals surface area contributed by atoms with Gasteiger partial charge in [0.05, 0.1) is 16.5 Å². The number of aromatic nitrogens is 2. The fraction of sp³-hybridized carbons (Fsp3) is 0.190. The van der Waals surface area contributed by atoms with Gasteiger partial charge in [-0.2, -0.15) is 0 Å². The highest BCUT2D eigenvalue weighted by atomic mass is 16.4. The molecule has 0 fully saturated rings.